The smallest absolute Gasteiger partial charge is 0.303 e. The van der Waals surface area contributed by atoms with E-state index in [0.29, 0.717) is 0 Å². The number of hydrogen-bond donors (Lipinski definition) is 3. The molecule has 0 heterocycles. The van der Waals surface area contributed by atoms with E-state index in [4.69, 9.17) is 5.11 Å². The van der Waals surface area contributed by atoms with Crippen LogP contribution in [-0.2, 0) is 4.79 Å². The summed E-state index contributed by atoms with van der Waals surface area (Å²) in [4.78, 5) is 10.7. The lowest BCUT2D eigenvalue weighted by Gasteiger charge is -2.16. The first-order chi connectivity index (χ1) is 14.5. The largest absolute Gasteiger partial charge is 0.481 e. The maximum atomic E-state index is 10.7. The van der Waals surface area contributed by atoms with Crippen molar-refractivity contribution in [3.63, 3.8) is 0 Å². The van der Waals surface area contributed by atoms with Crippen LogP contribution >= 0.6 is 0 Å². The fraction of sp³-hybridized carbons (Fsp3) is 0.808. The van der Waals surface area contributed by atoms with Crippen molar-refractivity contribution < 1.29 is 20.1 Å². The number of aliphatic hydroxyl groups excluding tert-OH is 2. The van der Waals surface area contributed by atoms with E-state index in [1.807, 2.05) is 6.08 Å². The van der Waals surface area contributed by atoms with Crippen LogP contribution in [-0.4, -0.2) is 33.5 Å². The average Bonchev–Trinajstić information content (AvgIpc) is 3.00. The van der Waals surface area contributed by atoms with E-state index in [2.05, 4.69) is 19.9 Å². The minimum Gasteiger partial charge on any atom is -0.481 e. The fourth-order valence-electron chi connectivity index (χ4n) is 4.49. The first-order valence-electron chi connectivity index (χ1n) is 12.5. The van der Waals surface area contributed by atoms with Gasteiger partial charge in [-0.25, -0.2) is 0 Å². The van der Waals surface area contributed by atoms with Crippen LogP contribution in [0, 0.1) is 5.92 Å². The zero-order valence-corrected chi connectivity index (χ0v) is 19.5. The molecule has 0 aliphatic heterocycles. The summed E-state index contributed by atoms with van der Waals surface area (Å²) in [5.74, 6) is -0.681. The summed E-state index contributed by atoms with van der Waals surface area (Å²) in [5, 5.41) is 29.8. The summed E-state index contributed by atoms with van der Waals surface area (Å²) in [6, 6.07) is 0. The van der Waals surface area contributed by atoms with Gasteiger partial charge >= 0.3 is 5.97 Å². The van der Waals surface area contributed by atoms with Gasteiger partial charge in [-0.15, -0.1) is 0 Å². The number of carbonyl (C=O) groups is 1. The molecule has 0 aromatic rings. The zero-order chi connectivity index (χ0) is 22.2. The third-order valence-corrected chi connectivity index (χ3v) is 6.29. The fourth-order valence-corrected chi connectivity index (χ4v) is 4.49. The summed E-state index contributed by atoms with van der Waals surface area (Å²) in [6.07, 6.45) is 19.1. The molecule has 0 unspecified atom stereocenters. The van der Waals surface area contributed by atoms with Crippen molar-refractivity contribution in [1.29, 1.82) is 0 Å². The van der Waals surface area contributed by atoms with Gasteiger partial charge in [0.15, 0.2) is 0 Å². The summed E-state index contributed by atoms with van der Waals surface area (Å²) in [7, 11) is 0. The van der Waals surface area contributed by atoms with Crippen LogP contribution in [0.3, 0.4) is 0 Å². The predicted molar refractivity (Wildman–Crippen MR) is 125 cm³/mol. The molecule has 0 aromatic carbocycles. The van der Waals surface area contributed by atoms with Gasteiger partial charge in [0.1, 0.15) is 0 Å². The lowest BCUT2D eigenvalue weighted by molar-refractivity contribution is -0.137. The van der Waals surface area contributed by atoms with Crippen LogP contribution in [0.15, 0.2) is 23.3 Å². The zero-order valence-electron chi connectivity index (χ0n) is 19.5. The number of carboxylic acid groups (broad SMARTS) is 1. The molecular weight excluding hydrogens is 376 g/mol. The second kappa shape index (κ2) is 16.5. The molecule has 0 aromatic heterocycles. The van der Waals surface area contributed by atoms with E-state index in [9.17, 15) is 15.0 Å². The summed E-state index contributed by atoms with van der Waals surface area (Å²) >= 11 is 0. The molecule has 0 amide bonds. The van der Waals surface area contributed by atoms with Crippen molar-refractivity contribution in [2.75, 3.05) is 0 Å². The average molecular weight is 423 g/mol. The number of unbranched alkanes of at least 4 members (excludes halogenated alkanes) is 8. The minimum absolute atomic E-state index is 0.0334. The highest BCUT2D eigenvalue weighted by Crippen LogP contribution is 2.39. The van der Waals surface area contributed by atoms with Crippen molar-refractivity contribution >= 4 is 5.97 Å². The summed E-state index contributed by atoms with van der Waals surface area (Å²) in [6.45, 7) is 4.39. The van der Waals surface area contributed by atoms with Gasteiger partial charge < -0.3 is 15.3 Å². The van der Waals surface area contributed by atoms with Gasteiger partial charge in [-0.05, 0) is 44.9 Å². The highest BCUT2D eigenvalue weighted by molar-refractivity contribution is 5.66. The molecule has 30 heavy (non-hydrogen) atoms. The van der Waals surface area contributed by atoms with Gasteiger partial charge in [0.2, 0.25) is 0 Å². The standard InChI is InChI=1S/C26H46O4/c1-3-5-7-11-14-21-20-25(28)24(19-18-22(27)15-10-6-4-2)23(21)16-12-8-9-13-17-26(29)30/h18-19,22,24-25,27-28H,3-17,20H2,1-2H3,(H,29,30)/t22-,24+,25+/m0/s1. The van der Waals surface area contributed by atoms with Crippen LogP contribution in [0.2, 0.25) is 0 Å². The first kappa shape index (κ1) is 26.9. The van der Waals surface area contributed by atoms with E-state index >= 15 is 0 Å². The Balaban J connectivity index is 2.66. The molecule has 0 radical (unpaired) electrons. The van der Waals surface area contributed by atoms with E-state index in [-0.39, 0.29) is 18.4 Å². The number of hydrogen-bond acceptors (Lipinski definition) is 3. The Morgan fingerprint density at radius 2 is 1.60 bits per heavy atom. The van der Waals surface area contributed by atoms with Crippen LogP contribution < -0.4 is 0 Å². The number of aliphatic hydroxyl groups is 2. The molecule has 0 saturated carbocycles. The van der Waals surface area contributed by atoms with Gasteiger partial charge in [0.05, 0.1) is 12.2 Å². The molecule has 1 aliphatic carbocycles. The molecule has 0 spiro atoms. The maximum absolute atomic E-state index is 10.7. The molecule has 174 valence electrons. The Labute approximate surface area is 184 Å². The number of aliphatic carboxylic acids is 1. The van der Waals surface area contributed by atoms with Crippen LogP contribution in [0.1, 0.15) is 117 Å². The molecule has 3 atom stereocenters. The second-order valence-corrected chi connectivity index (χ2v) is 8.99. The third-order valence-electron chi connectivity index (χ3n) is 6.29. The van der Waals surface area contributed by atoms with Crippen LogP contribution in [0.5, 0.6) is 0 Å². The van der Waals surface area contributed by atoms with Crippen molar-refractivity contribution in [3.05, 3.63) is 23.3 Å². The summed E-state index contributed by atoms with van der Waals surface area (Å²) < 4.78 is 0. The molecule has 1 aliphatic rings. The van der Waals surface area contributed by atoms with Crippen LogP contribution in [0.4, 0.5) is 0 Å². The lowest BCUT2D eigenvalue weighted by atomic mass is 9.91. The van der Waals surface area contributed by atoms with Gasteiger partial charge in [0.25, 0.3) is 0 Å². The van der Waals surface area contributed by atoms with Crippen molar-refractivity contribution in [1.82, 2.24) is 0 Å². The van der Waals surface area contributed by atoms with E-state index in [0.717, 1.165) is 70.6 Å². The maximum Gasteiger partial charge on any atom is 0.303 e. The van der Waals surface area contributed by atoms with Crippen molar-refractivity contribution in [2.45, 2.75) is 129 Å². The molecule has 0 fully saturated rings. The van der Waals surface area contributed by atoms with Crippen LogP contribution in [0.25, 0.3) is 0 Å². The molecule has 4 heteroatoms. The molecule has 1 rings (SSSR count). The molecule has 3 N–H and O–H groups in total. The van der Waals surface area contributed by atoms with Gasteiger partial charge in [-0.1, -0.05) is 88.5 Å². The molecule has 0 bridgehead atoms. The van der Waals surface area contributed by atoms with E-state index in [1.54, 1.807) is 0 Å². The lowest BCUT2D eigenvalue weighted by Crippen LogP contribution is -2.15. The highest BCUT2D eigenvalue weighted by Gasteiger charge is 2.30. The minimum atomic E-state index is -0.714. The van der Waals surface area contributed by atoms with E-state index in [1.165, 1.54) is 36.8 Å². The monoisotopic (exact) mass is 422 g/mol. The molecule has 4 nitrogen and oxygen atoms in total. The summed E-state index contributed by atoms with van der Waals surface area (Å²) in [5.41, 5.74) is 2.81. The quantitative estimate of drug-likeness (QED) is 0.173. The molecule has 0 saturated heterocycles. The first-order valence-corrected chi connectivity index (χ1v) is 12.5. The number of carboxylic acids is 1. The van der Waals surface area contributed by atoms with Gasteiger partial charge in [0, 0.05) is 12.3 Å². The SMILES string of the molecule is CCCCCCC1=C(CCCCCCC(=O)O)[C@@H](C=C[C@@H](O)CCCCC)[C@H](O)C1. The van der Waals surface area contributed by atoms with Gasteiger partial charge in [-0.2, -0.15) is 0 Å². The highest BCUT2D eigenvalue weighted by atomic mass is 16.4. The second-order valence-electron chi connectivity index (χ2n) is 8.99. The normalized spacial score (nSPS) is 20.4. The van der Waals surface area contributed by atoms with Crippen molar-refractivity contribution in [3.8, 4) is 0 Å². The predicted octanol–water partition coefficient (Wildman–Crippen LogP) is 6.56. The Kier molecular flexibility index (Phi) is 14.8. The Hall–Kier alpha value is -1.13. The molecular formula is C26H46O4. The van der Waals surface area contributed by atoms with Gasteiger partial charge in [-0.3, -0.25) is 4.79 Å². The Morgan fingerprint density at radius 1 is 0.967 bits per heavy atom. The topological polar surface area (TPSA) is 77.8 Å². The Bertz CT molecular complexity index is 523. The number of rotatable bonds is 18. The van der Waals surface area contributed by atoms with Crippen molar-refractivity contribution in [2.24, 2.45) is 5.92 Å². The van der Waals surface area contributed by atoms with E-state index < -0.39 is 12.1 Å². The third kappa shape index (κ3) is 11.3. The Morgan fingerprint density at radius 3 is 2.30 bits per heavy atom.